The van der Waals surface area contributed by atoms with Crippen LogP contribution in [0, 0.1) is 0 Å². The van der Waals surface area contributed by atoms with Crippen molar-refractivity contribution < 1.29 is 23.9 Å². The van der Waals surface area contributed by atoms with Crippen LogP contribution in [0.3, 0.4) is 0 Å². The Hall–Kier alpha value is -3.19. The highest BCUT2D eigenvalue weighted by Crippen LogP contribution is 2.28. The molecule has 0 aliphatic carbocycles. The minimum Gasteiger partial charge on any atom is -0.462 e. The zero-order valence-electron chi connectivity index (χ0n) is 16.8. The van der Waals surface area contributed by atoms with Gasteiger partial charge in [-0.15, -0.1) is 0 Å². The third-order valence-corrected chi connectivity index (χ3v) is 5.36. The van der Waals surface area contributed by atoms with Gasteiger partial charge in [0.2, 0.25) is 0 Å². The van der Waals surface area contributed by atoms with Crippen molar-refractivity contribution in [3.05, 3.63) is 64.7 Å². The van der Waals surface area contributed by atoms with Gasteiger partial charge in [-0.2, -0.15) is 0 Å². The van der Waals surface area contributed by atoms with Crippen LogP contribution in [0.15, 0.2) is 42.5 Å². The summed E-state index contributed by atoms with van der Waals surface area (Å²) in [5.41, 5.74) is 2.60. The highest BCUT2D eigenvalue weighted by Gasteiger charge is 2.33. The van der Waals surface area contributed by atoms with E-state index in [1.807, 2.05) is 6.07 Å². The molecule has 4 rings (SSSR count). The van der Waals surface area contributed by atoms with Crippen molar-refractivity contribution in [1.82, 2.24) is 4.90 Å². The summed E-state index contributed by atoms with van der Waals surface area (Å²) < 4.78 is 10.6. The zero-order chi connectivity index (χ0) is 21.1. The number of hydrogen-bond acceptors (Lipinski definition) is 5. The third kappa shape index (κ3) is 4.07. The van der Waals surface area contributed by atoms with Crippen LogP contribution in [-0.4, -0.2) is 48.5 Å². The van der Waals surface area contributed by atoms with Crippen LogP contribution in [-0.2, 0) is 16.0 Å². The van der Waals surface area contributed by atoms with E-state index in [1.54, 1.807) is 48.2 Å². The summed E-state index contributed by atoms with van der Waals surface area (Å²) in [6.07, 6.45) is 2.04. The number of carbonyl (C=O) groups is 3. The lowest BCUT2D eigenvalue weighted by Crippen LogP contribution is -2.32. The van der Waals surface area contributed by atoms with Crippen molar-refractivity contribution >= 4 is 23.5 Å². The molecule has 0 radical (unpaired) electrons. The summed E-state index contributed by atoms with van der Waals surface area (Å²) in [5.74, 6) is -0.903. The molecular formula is C23H24N2O5. The van der Waals surface area contributed by atoms with Gasteiger partial charge < -0.3 is 19.7 Å². The van der Waals surface area contributed by atoms with Gasteiger partial charge in [-0.3, -0.25) is 9.59 Å². The zero-order valence-corrected chi connectivity index (χ0v) is 16.8. The molecule has 156 valence electrons. The lowest BCUT2D eigenvalue weighted by Gasteiger charge is -2.19. The van der Waals surface area contributed by atoms with E-state index >= 15 is 0 Å². The normalized spacial score (nSPS) is 17.7. The number of hydrogen-bond donors (Lipinski definition) is 1. The average molecular weight is 408 g/mol. The van der Waals surface area contributed by atoms with Gasteiger partial charge in [0, 0.05) is 25.4 Å². The number of nitrogens with zero attached hydrogens (tertiary/aromatic N) is 1. The van der Waals surface area contributed by atoms with Gasteiger partial charge in [0.05, 0.1) is 29.4 Å². The number of esters is 1. The Morgan fingerprint density at radius 3 is 2.70 bits per heavy atom. The number of anilines is 1. The molecule has 0 aromatic heterocycles. The fourth-order valence-corrected chi connectivity index (χ4v) is 3.89. The van der Waals surface area contributed by atoms with E-state index in [0.717, 1.165) is 25.0 Å². The summed E-state index contributed by atoms with van der Waals surface area (Å²) >= 11 is 0. The maximum atomic E-state index is 13.0. The van der Waals surface area contributed by atoms with E-state index in [0.29, 0.717) is 42.1 Å². The molecule has 2 amide bonds. The van der Waals surface area contributed by atoms with Gasteiger partial charge in [0.1, 0.15) is 0 Å². The van der Waals surface area contributed by atoms with Crippen LogP contribution in [0.1, 0.15) is 56.4 Å². The highest BCUT2D eigenvalue weighted by molar-refractivity contribution is 6.13. The van der Waals surface area contributed by atoms with Crippen LogP contribution >= 0.6 is 0 Å². The molecule has 1 fully saturated rings. The monoisotopic (exact) mass is 408 g/mol. The molecule has 2 heterocycles. The molecule has 7 nitrogen and oxygen atoms in total. The van der Waals surface area contributed by atoms with Gasteiger partial charge >= 0.3 is 5.97 Å². The molecule has 1 atom stereocenters. The minimum atomic E-state index is -0.409. The van der Waals surface area contributed by atoms with Crippen LogP contribution in [0.5, 0.6) is 0 Å². The number of benzene rings is 2. The highest BCUT2D eigenvalue weighted by atomic mass is 16.5. The Morgan fingerprint density at radius 1 is 1.20 bits per heavy atom. The first-order valence-corrected chi connectivity index (χ1v) is 10.2. The predicted octanol–water partition coefficient (Wildman–Crippen LogP) is 3.25. The van der Waals surface area contributed by atoms with E-state index in [2.05, 4.69) is 5.32 Å². The second-order valence-corrected chi connectivity index (χ2v) is 7.41. The van der Waals surface area contributed by atoms with Gasteiger partial charge in [-0.05, 0) is 55.7 Å². The Labute approximate surface area is 175 Å². The maximum Gasteiger partial charge on any atom is 0.338 e. The van der Waals surface area contributed by atoms with E-state index < -0.39 is 5.97 Å². The molecule has 7 heteroatoms. The van der Waals surface area contributed by atoms with Crippen LogP contribution in [0.4, 0.5) is 5.69 Å². The Morgan fingerprint density at radius 2 is 2.00 bits per heavy atom. The lowest BCUT2D eigenvalue weighted by molar-refractivity contribution is 0.0525. The molecule has 1 saturated heterocycles. The topological polar surface area (TPSA) is 84.9 Å². The van der Waals surface area contributed by atoms with E-state index in [9.17, 15) is 14.4 Å². The molecule has 2 aromatic rings. The Kier molecular flexibility index (Phi) is 5.81. The number of carbonyl (C=O) groups excluding carboxylic acids is 3. The van der Waals surface area contributed by atoms with Crippen LogP contribution in [0.2, 0.25) is 0 Å². The molecule has 30 heavy (non-hydrogen) atoms. The van der Waals surface area contributed by atoms with Gasteiger partial charge in [-0.1, -0.05) is 12.1 Å². The van der Waals surface area contributed by atoms with Crippen molar-refractivity contribution in [1.29, 1.82) is 0 Å². The summed E-state index contributed by atoms with van der Waals surface area (Å²) in [4.78, 5) is 39.4. The quantitative estimate of drug-likeness (QED) is 0.742. The van der Waals surface area contributed by atoms with Gasteiger partial charge in [0.25, 0.3) is 11.8 Å². The second kappa shape index (κ2) is 8.67. The van der Waals surface area contributed by atoms with Crippen LogP contribution in [0.25, 0.3) is 0 Å². The largest absolute Gasteiger partial charge is 0.462 e. The lowest BCUT2D eigenvalue weighted by atomic mass is 10.0. The molecule has 0 saturated carbocycles. The first-order valence-electron chi connectivity index (χ1n) is 10.2. The average Bonchev–Trinajstić information content (AvgIpc) is 3.37. The van der Waals surface area contributed by atoms with E-state index in [4.69, 9.17) is 9.47 Å². The molecule has 2 aliphatic heterocycles. The van der Waals surface area contributed by atoms with Crippen molar-refractivity contribution in [3.63, 3.8) is 0 Å². The van der Waals surface area contributed by atoms with Gasteiger partial charge in [0.15, 0.2) is 0 Å². The van der Waals surface area contributed by atoms with Crippen molar-refractivity contribution in [3.8, 4) is 0 Å². The number of nitrogens with one attached hydrogen (secondary N) is 1. The predicted molar refractivity (Wildman–Crippen MR) is 111 cm³/mol. The number of fused-ring (bicyclic) bond motifs is 1. The first kappa shape index (κ1) is 20.1. The Balaban J connectivity index is 1.48. The molecule has 1 N–H and O–H groups in total. The summed E-state index contributed by atoms with van der Waals surface area (Å²) in [6.45, 7) is 3.82. The number of ether oxygens (including phenoxy) is 2. The van der Waals surface area contributed by atoms with E-state index in [1.165, 1.54) is 0 Å². The molecule has 0 spiro atoms. The standard InChI is InChI=1S/C23H24N2O5/c1-2-29-23(28)15-8-10-17(11-9-15)24-21(26)19-7-3-5-16-13-25(22(27)20(16)19)14-18-6-4-12-30-18/h3,5,7-11,18H,2,4,6,12-14H2,1H3,(H,24,26)/t18-/m0/s1. The fourth-order valence-electron chi connectivity index (χ4n) is 3.89. The minimum absolute atomic E-state index is 0.0680. The van der Waals surface area contributed by atoms with Gasteiger partial charge in [-0.25, -0.2) is 4.79 Å². The molecule has 2 aliphatic rings. The molecule has 2 aromatic carbocycles. The Bertz CT molecular complexity index is 964. The van der Waals surface area contributed by atoms with Crippen molar-refractivity contribution in [2.75, 3.05) is 25.1 Å². The van der Waals surface area contributed by atoms with E-state index in [-0.39, 0.29) is 17.9 Å². The maximum absolute atomic E-state index is 13.0. The van der Waals surface area contributed by atoms with Crippen LogP contribution < -0.4 is 5.32 Å². The third-order valence-electron chi connectivity index (χ3n) is 5.36. The van der Waals surface area contributed by atoms with Crippen molar-refractivity contribution in [2.45, 2.75) is 32.4 Å². The second-order valence-electron chi connectivity index (χ2n) is 7.41. The smallest absolute Gasteiger partial charge is 0.338 e. The summed E-state index contributed by atoms with van der Waals surface area (Å²) in [7, 11) is 0. The molecule has 0 bridgehead atoms. The SMILES string of the molecule is CCOC(=O)c1ccc(NC(=O)c2cccc3c2C(=O)N(C[C@@H]2CCCO2)C3)cc1. The fraction of sp³-hybridized carbons (Fsp3) is 0.348. The molecular weight excluding hydrogens is 384 g/mol. The number of rotatable bonds is 6. The summed E-state index contributed by atoms with van der Waals surface area (Å²) in [6, 6.07) is 11.8. The van der Waals surface area contributed by atoms with Crippen molar-refractivity contribution in [2.24, 2.45) is 0 Å². The summed E-state index contributed by atoms with van der Waals surface area (Å²) in [5, 5.41) is 2.81. The first-order chi connectivity index (χ1) is 14.6. The molecule has 0 unspecified atom stereocenters. The number of amides is 2.